The first-order chi connectivity index (χ1) is 10.1. The normalized spacial score (nSPS) is 27.6. The van der Waals surface area contributed by atoms with Crippen molar-refractivity contribution >= 4 is 5.91 Å². The van der Waals surface area contributed by atoms with Gasteiger partial charge in [-0.3, -0.25) is 9.69 Å². The van der Waals surface area contributed by atoms with Gasteiger partial charge in [-0.05, 0) is 44.2 Å². The summed E-state index contributed by atoms with van der Waals surface area (Å²) in [4.78, 5) is 14.5. The minimum absolute atomic E-state index is 0.109. The number of nitrogens with two attached hydrogens (primary N) is 1. The monoisotopic (exact) mass is 297 g/mol. The number of nitrogens with one attached hydrogen (secondary N) is 1. The zero-order valence-corrected chi connectivity index (χ0v) is 13.5. The highest BCUT2D eigenvalue weighted by Gasteiger charge is 2.32. The fourth-order valence-corrected chi connectivity index (χ4v) is 3.50. The molecule has 5 nitrogen and oxygen atoms in total. The molecule has 3 N–H and O–H groups in total. The van der Waals surface area contributed by atoms with E-state index >= 15 is 0 Å². The molecule has 0 aliphatic carbocycles. The van der Waals surface area contributed by atoms with Gasteiger partial charge >= 0.3 is 0 Å². The molecule has 21 heavy (non-hydrogen) atoms. The molecular weight excluding hydrogens is 266 g/mol. The Kier molecular flexibility index (Phi) is 6.45. The van der Waals surface area contributed by atoms with E-state index in [0.29, 0.717) is 37.4 Å². The maximum absolute atomic E-state index is 12.0. The van der Waals surface area contributed by atoms with Crippen LogP contribution in [-0.4, -0.2) is 55.7 Å². The van der Waals surface area contributed by atoms with Crippen LogP contribution < -0.4 is 11.1 Å². The van der Waals surface area contributed by atoms with E-state index in [2.05, 4.69) is 24.1 Å². The molecule has 0 aromatic heterocycles. The Morgan fingerprint density at radius 1 is 1.48 bits per heavy atom. The summed E-state index contributed by atoms with van der Waals surface area (Å²) in [7, 11) is 0. The third-order valence-electron chi connectivity index (χ3n) is 4.60. The van der Waals surface area contributed by atoms with Gasteiger partial charge in [-0.25, -0.2) is 0 Å². The minimum Gasteiger partial charge on any atom is -0.373 e. The van der Waals surface area contributed by atoms with E-state index in [-0.39, 0.29) is 12.0 Å². The molecular formula is C16H31N3O2. The number of hydrogen-bond donors (Lipinski definition) is 2. The summed E-state index contributed by atoms with van der Waals surface area (Å²) in [5.41, 5.74) is 5.76. The topological polar surface area (TPSA) is 67.6 Å². The lowest BCUT2D eigenvalue weighted by atomic mass is 9.94. The van der Waals surface area contributed by atoms with E-state index in [4.69, 9.17) is 10.5 Å². The lowest BCUT2D eigenvalue weighted by Crippen LogP contribution is -2.50. The highest BCUT2D eigenvalue weighted by molar-refractivity contribution is 5.76. The van der Waals surface area contributed by atoms with Crippen LogP contribution in [0.2, 0.25) is 0 Å². The molecule has 122 valence electrons. The third kappa shape index (κ3) is 5.24. The molecule has 1 amide bonds. The van der Waals surface area contributed by atoms with Crippen LogP contribution in [0.4, 0.5) is 0 Å². The second kappa shape index (κ2) is 8.11. The first kappa shape index (κ1) is 16.7. The van der Waals surface area contributed by atoms with Crippen molar-refractivity contribution < 1.29 is 9.53 Å². The van der Waals surface area contributed by atoms with Crippen LogP contribution in [0, 0.1) is 11.8 Å². The second-order valence-corrected chi connectivity index (χ2v) is 6.99. The van der Waals surface area contributed by atoms with Crippen molar-refractivity contribution in [2.24, 2.45) is 17.6 Å². The Balaban J connectivity index is 1.66. The molecule has 2 unspecified atom stereocenters. The number of ether oxygens (including phenoxy) is 1. The Hall–Kier alpha value is -0.650. The van der Waals surface area contributed by atoms with Crippen molar-refractivity contribution in [1.82, 2.24) is 10.2 Å². The minimum atomic E-state index is 0.109. The predicted octanol–water partition coefficient (Wildman–Crippen LogP) is 0.977. The zero-order chi connectivity index (χ0) is 15.2. The van der Waals surface area contributed by atoms with Gasteiger partial charge in [0, 0.05) is 25.6 Å². The lowest BCUT2D eigenvalue weighted by Gasteiger charge is -2.35. The molecule has 2 heterocycles. The van der Waals surface area contributed by atoms with Crippen molar-refractivity contribution in [3.63, 3.8) is 0 Å². The standard InChI is InChI=1S/C16H31N3O2/c1-12(2)6-13(8-17)7-16(20)18-9-15-10-19-5-3-4-14(19)11-21-15/h12-15H,3-11,17H2,1-2H3,(H,18,20)/t13-,14?,15?/m0/s1. The molecule has 0 radical (unpaired) electrons. The van der Waals surface area contributed by atoms with Gasteiger partial charge in [-0.1, -0.05) is 13.8 Å². The summed E-state index contributed by atoms with van der Waals surface area (Å²) >= 11 is 0. The number of fused-ring (bicyclic) bond motifs is 1. The number of rotatable bonds is 7. The summed E-state index contributed by atoms with van der Waals surface area (Å²) in [6.45, 7) is 8.51. The molecule has 2 rings (SSSR count). The van der Waals surface area contributed by atoms with Crippen LogP contribution in [0.3, 0.4) is 0 Å². The average molecular weight is 297 g/mol. The van der Waals surface area contributed by atoms with Gasteiger partial charge in [0.05, 0.1) is 12.7 Å². The highest BCUT2D eigenvalue weighted by Crippen LogP contribution is 2.22. The smallest absolute Gasteiger partial charge is 0.220 e. The van der Waals surface area contributed by atoms with Gasteiger partial charge in [0.1, 0.15) is 0 Å². The average Bonchev–Trinajstić information content (AvgIpc) is 2.91. The number of morpholine rings is 1. The molecule has 0 aromatic rings. The van der Waals surface area contributed by atoms with Gasteiger partial charge in [0.2, 0.25) is 5.91 Å². The molecule has 0 saturated carbocycles. The van der Waals surface area contributed by atoms with Crippen LogP contribution in [0.15, 0.2) is 0 Å². The number of amides is 1. The third-order valence-corrected chi connectivity index (χ3v) is 4.60. The quantitative estimate of drug-likeness (QED) is 0.735. The zero-order valence-electron chi connectivity index (χ0n) is 13.5. The van der Waals surface area contributed by atoms with Gasteiger partial charge < -0.3 is 15.8 Å². The Labute approximate surface area is 128 Å². The van der Waals surface area contributed by atoms with Crippen molar-refractivity contribution in [2.45, 2.75) is 51.7 Å². The summed E-state index contributed by atoms with van der Waals surface area (Å²) in [6.07, 6.45) is 4.23. The first-order valence-electron chi connectivity index (χ1n) is 8.41. The SMILES string of the molecule is CC(C)C[C@H](CN)CC(=O)NCC1CN2CCCC2CO1. The van der Waals surface area contributed by atoms with E-state index in [9.17, 15) is 4.79 Å². The first-order valence-corrected chi connectivity index (χ1v) is 8.41. The summed E-state index contributed by atoms with van der Waals surface area (Å²) in [6, 6.07) is 0.615. The van der Waals surface area contributed by atoms with Crippen molar-refractivity contribution in [2.75, 3.05) is 32.8 Å². The van der Waals surface area contributed by atoms with Crippen LogP contribution in [0.25, 0.3) is 0 Å². The molecule has 2 aliphatic heterocycles. The maximum Gasteiger partial charge on any atom is 0.220 e. The van der Waals surface area contributed by atoms with E-state index in [0.717, 1.165) is 19.6 Å². The summed E-state index contributed by atoms with van der Waals surface area (Å²) < 4.78 is 5.86. The molecule has 0 bridgehead atoms. The Bertz CT molecular complexity index is 335. The van der Waals surface area contributed by atoms with E-state index in [1.165, 1.54) is 19.4 Å². The van der Waals surface area contributed by atoms with E-state index in [1.807, 2.05) is 0 Å². The lowest BCUT2D eigenvalue weighted by molar-refractivity contribution is -0.123. The van der Waals surface area contributed by atoms with E-state index in [1.54, 1.807) is 0 Å². The molecule has 2 aliphatic rings. The van der Waals surface area contributed by atoms with Crippen molar-refractivity contribution in [3.8, 4) is 0 Å². The van der Waals surface area contributed by atoms with Gasteiger partial charge in [0.15, 0.2) is 0 Å². The number of carbonyl (C=O) groups is 1. The van der Waals surface area contributed by atoms with E-state index < -0.39 is 0 Å². The van der Waals surface area contributed by atoms with Crippen molar-refractivity contribution in [1.29, 1.82) is 0 Å². The number of carbonyl (C=O) groups excluding carboxylic acids is 1. The predicted molar refractivity (Wildman–Crippen MR) is 84.0 cm³/mol. The summed E-state index contributed by atoms with van der Waals surface area (Å²) in [5.74, 6) is 0.985. The van der Waals surface area contributed by atoms with Gasteiger partial charge in [0.25, 0.3) is 0 Å². The molecule has 0 spiro atoms. The summed E-state index contributed by atoms with van der Waals surface area (Å²) in [5, 5.41) is 3.02. The van der Waals surface area contributed by atoms with Crippen LogP contribution in [0.5, 0.6) is 0 Å². The maximum atomic E-state index is 12.0. The van der Waals surface area contributed by atoms with Crippen LogP contribution in [-0.2, 0) is 9.53 Å². The number of nitrogens with zero attached hydrogens (tertiary/aromatic N) is 1. The molecule has 2 saturated heterocycles. The van der Waals surface area contributed by atoms with Crippen LogP contribution in [0.1, 0.15) is 39.5 Å². The molecule has 3 atom stereocenters. The molecule has 2 fully saturated rings. The fraction of sp³-hybridized carbons (Fsp3) is 0.938. The highest BCUT2D eigenvalue weighted by atomic mass is 16.5. The van der Waals surface area contributed by atoms with Gasteiger partial charge in [-0.15, -0.1) is 0 Å². The van der Waals surface area contributed by atoms with Crippen LogP contribution >= 0.6 is 0 Å². The van der Waals surface area contributed by atoms with Gasteiger partial charge in [-0.2, -0.15) is 0 Å². The molecule has 5 heteroatoms. The fourth-order valence-electron chi connectivity index (χ4n) is 3.50. The largest absolute Gasteiger partial charge is 0.373 e. The molecule has 0 aromatic carbocycles. The second-order valence-electron chi connectivity index (χ2n) is 6.99. The Morgan fingerprint density at radius 3 is 3.00 bits per heavy atom. The number of hydrogen-bond acceptors (Lipinski definition) is 4. The van der Waals surface area contributed by atoms with Crippen molar-refractivity contribution in [3.05, 3.63) is 0 Å². The Morgan fingerprint density at radius 2 is 2.29 bits per heavy atom.